The van der Waals surface area contributed by atoms with Crippen LogP contribution in [0.1, 0.15) is 19.4 Å². The molecular formula is C11H16ClFN2. The minimum absolute atomic E-state index is 0.177. The van der Waals surface area contributed by atoms with Crippen LogP contribution in [0.15, 0.2) is 12.3 Å². The van der Waals surface area contributed by atoms with Crippen LogP contribution in [-0.4, -0.2) is 18.6 Å². The van der Waals surface area contributed by atoms with Crippen LogP contribution < -0.4 is 4.90 Å². The number of aromatic nitrogens is 1. The highest BCUT2D eigenvalue weighted by Gasteiger charge is 2.13. The molecule has 0 amide bonds. The SMILES string of the molecule is CC(C)CN(C)c1nccc(CCl)c1F. The first-order valence-corrected chi connectivity index (χ1v) is 5.50. The molecule has 0 aromatic carbocycles. The summed E-state index contributed by atoms with van der Waals surface area (Å²) in [5, 5.41) is 0. The molecule has 0 aliphatic rings. The van der Waals surface area contributed by atoms with Gasteiger partial charge in [0.05, 0.1) is 5.88 Å². The van der Waals surface area contributed by atoms with Gasteiger partial charge in [0.2, 0.25) is 0 Å². The lowest BCUT2D eigenvalue weighted by atomic mass is 10.2. The Bertz CT molecular complexity index is 328. The Balaban J connectivity index is 2.93. The Morgan fingerprint density at radius 3 is 2.73 bits per heavy atom. The summed E-state index contributed by atoms with van der Waals surface area (Å²) in [6.45, 7) is 4.94. The number of rotatable bonds is 4. The van der Waals surface area contributed by atoms with Crippen LogP contribution in [0, 0.1) is 11.7 Å². The molecule has 84 valence electrons. The van der Waals surface area contributed by atoms with Gasteiger partial charge in [-0.15, -0.1) is 11.6 Å². The summed E-state index contributed by atoms with van der Waals surface area (Å²) in [5.41, 5.74) is 0.497. The number of anilines is 1. The molecule has 0 N–H and O–H groups in total. The van der Waals surface area contributed by atoms with Crippen LogP contribution in [0.25, 0.3) is 0 Å². The first kappa shape index (κ1) is 12.2. The molecule has 1 aromatic heterocycles. The van der Waals surface area contributed by atoms with Crippen LogP contribution in [0.2, 0.25) is 0 Å². The van der Waals surface area contributed by atoms with Crippen molar-refractivity contribution >= 4 is 17.4 Å². The summed E-state index contributed by atoms with van der Waals surface area (Å²) in [5.74, 6) is 0.713. The van der Waals surface area contributed by atoms with E-state index in [1.807, 2.05) is 11.9 Å². The molecule has 0 aliphatic carbocycles. The van der Waals surface area contributed by atoms with E-state index in [4.69, 9.17) is 11.6 Å². The maximum atomic E-state index is 13.8. The van der Waals surface area contributed by atoms with Crippen molar-refractivity contribution in [3.8, 4) is 0 Å². The largest absolute Gasteiger partial charge is 0.357 e. The average molecular weight is 231 g/mol. The van der Waals surface area contributed by atoms with Crippen molar-refractivity contribution in [1.82, 2.24) is 4.98 Å². The molecule has 15 heavy (non-hydrogen) atoms. The van der Waals surface area contributed by atoms with Gasteiger partial charge in [0.25, 0.3) is 0 Å². The zero-order chi connectivity index (χ0) is 11.4. The number of hydrogen-bond donors (Lipinski definition) is 0. The number of pyridine rings is 1. The lowest BCUT2D eigenvalue weighted by Crippen LogP contribution is -2.24. The van der Waals surface area contributed by atoms with Crippen molar-refractivity contribution in [3.05, 3.63) is 23.6 Å². The lowest BCUT2D eigenvalue weighted by Gasteiger charge is -2.21. The van der Waals surface area contributed by atoms with E-state index in [0.29, 0.717) is 17.3 Å². The summed E-state index contributed by atoms with van der Waals surface area (Å²) in [6, 6.07) is 1.61. The van der Waals surface area contributed by atoms with Crippen LogP contribution >= 0.6 is 11.6 Å². The van der Waals surface area contributed by atoms with E-state index in [0.717, 1.165) is 6.54 Å². The van der Waals surface area contributed by atoms with Crippen LogP contribution in [0.3, 0.4) is 0 Å². The van der Waals surface area contributed by atoms with Gasteiger partial charge in [0.1, 0.15) is 0 Å². The molecule has 0 atom stereocenters. The van der Waals surface area contributed by atoms with Gasteiger partial charge in [-0.25, -0.2) is 9.37 Å². The van der Waals surface area contributed by atoms with Gasteiger partial charge in [-0.2, -0.15) is 0 Å². The zero-order valence-corrected chi connectivity index (χ0v) is 10.1. The van der Waals surface area contributed by atoms with Crippen molar-refractivity contribution < 1.29 is 4.39 Å². The second-order valence-corrected chi connectivity index (χ2v) is 4.28. The molecule has 0 spiro atoms. The first-order valence-electron chi connectivity index (χ1n) is 4.96. The summed E-state index contributed by atoms with van der Waals surface area (Å²) in [4.78, 5) is 5.85. The smallest absolute Gasteiger partial charge is 0.170 e. The maximum absolute atomic E-state index is 13.8. The molecule has 0 saturated carbocycles. The molecule has 1 heterocycles. The molecule has 0 fully saturated rings. The van der Waals surface area contributed by atoms with Gasteiger partial charge < -0.3 is 4.90 Å². The van der Waals surface area contributed by atoms with Gasteiger partial charge in [-0.1, -0.05) is 13.8 Å². The van der Waals surface area contributed by atoms with Gasteiger partial charge >= 0.3 is 0 Å². The van der Waals surface area contributed by atoms with Crippen molar-refractivity contribution in [2.24, 2.45) is 5.92 Å². The monoisotopic (exact) mass is 230 g/mol. The molecule has 0 aliphatic heterocycles. The van der Waals surface area contributed by atoms with E-state index in [1.54, 1.807) is 12.3 Å². The average Bonchev–Trinajstić information content (AvgIpc) is 2.17. The minimum Gasteiger partial charge on any atom is -0.357 e. The number of nitrogens with zero attached hydrogens (tertiary/aromatic N) is 2. The maximum Gasteiger partial charge on any atom is 0.170 e. The second-order valence-electron chi connectivity index (χ2n) is 4.02. The Morgan fingerprint density at radius 1 is 1.53 bits per heavy atom. The fourth-order valence-electron chi connectivity index (χ4n) is 1.47. The second kappa shape index (κ2) is 5.31. The molecular weight excluding hydrogens is 215 g/mol. The Hall–Kier alpha value is -0.830. The summed E-state index contributed by atoms with van der Waals surface area (Å²) >= 11 is 5.63. The fourth-order valence-corrected chi connectivity index (χ4v) is 1.68. The fraction of sp³-hybridized carbons (Fsp3) is 0.545. The van der Waals surface area contributed by atoms with Gasteiger partial charge in [0, 0.05) is 25.4 Å². The molecule has 0 bridgehead atoms. The molecule has 0 unspecified atom stereocenters. The number of halogens is 2. The van der Waals surface area contributed by atoms with Crippen LogP contribution in [-0.2, 0) is 5.88 Å². The molecule has 0 radical (unpaired) electrons. The Morgan fingerprint density at radius 2 is 2.20 bits per heavy atom. The van der Waals surface area contributed by atoms with E-state index < -0.39 is 0 Å². The summed E-state index contributed by atoms with van der Waals surface area (Å²) in [6.07, 6.45) is 1.59. The van der Waals surface area contributed by atoms with E-state index in [-0.39, 0.29) is 11.7 Å². The first-order chi connectivity index (χ1) is 7.06. The van der Waals surface area contributed by atoms with Crippen LogP contribution in [0.4, 0.5) is 10.2 Å². The topological polar surface area (TPSA) is 16.1 Å². The van der Waals surface area contributed by atoms with E-state index >= 15 is 0 Å². The number of hydrogen-bond acceptors (Lipinski definition) is 2. The zero-order valence-electron chi connectivity index (χ0n) is 9.30. The Kier molecular flexibility index (Phi) is 4.33. The third-order valence-electron chi connectivity index (χ3n) is 2.10. The van der Waals surface area contributed by atoms with Crippen molar-refractivity contribution in [3.63, 3.8) is 0 Å². The lowest BCUT2D eigenvalue weighted by molar-refractivity contribution is 0.584. The van der Waals surface area contributed by atoms with Crippen molar-refractivity contribution in [2.75, 3.05) is 18.5 Å². The van der Waals surface area contributed by atoms with E-state index in [9.17, 15) is 4.39 Å². The third kappa shape index (κ3) is 3.06. The van der Waals surface area contributed by atoms with Gasteiger partial charge in [0.15, 0.2) is 11.6 Å². The third-order valence-corrected chi connectivity index (χ3v) is 2.38. The van der Waals surface area contributed by atoms with Gasteiger partial charge in [-0.3, -0.25) is 0 Å². The van der Waals surface area contributed by atoms with E-state index in [1.165, 1.54) is 0 Å². The van der Waals surface area contributed by atoms with E-state index in [2.05, 4.69) is 18.8 Å². The quantitative estimate of drug-likeness (QED) is 0.740. The standard InChI is InChI=1S/C11H16ClFN2/c1-8(2)7-15(3)11-10(13)9(6-12)4-5-14-11/h4-5,8H,6-7H2,1-3H3. The normalized spacial score (nSPS) is 10.8. The predicted octanol–water partition coefficient (Wildman–Crippen LogP) is 3.05. The molecule has 0 saturated heterocycles. The van der Waals surface area contributed by atoms with Crippen molar-refractivity contribution in [2.45, 2.75) is 19.7 Å². The highest BCUT2D eigenvalue weighted by molar-refractivity contribution is 6.17. The van der Waals surface area contributed by atoms with Crippen molar-refractivity contribution in [1.29, 1.82) is 0 Å². The molecule has 1 aromatic rings. The molecule has 1 rings (SSSR count). The van der Waals surface area contributed by atoms with Crippen LogP contribution in [0.5, 0.6) is 0 Å². The Labute approximate surface area is 95.1 Å². The van der Waals surface area contributed by atoms with Gasteiger partial charge in [-0.05, 0) is 12.0 Å². The number of alkyl halides is 1. The minimum atomic E-state index is -0.310. The highest BCUT2D eigenvalue weighted by Crippen LogP contribution is 2.20. The molecule has 2 nitrogen and oxygen atoms in total. The highest BCUT2D eigenvalue weighted by atomic mass is 35.5. The molecule has 4 heteroatoms. The summed E-state index contributed by atoms with van der Waals surface area (Å²) < 4.78 is 13.8. The predicted molar refractivity (Wildman–Crippen MR) is 61.9 cm³/mol. The summed E-state index contributed by atoms with van der Waals surface area (Å²) in [7, 11) is 1.84.